The highest BCUT2D eigenvalue weighted by Crippen LogP contribution is 2.24. The van der Waals surface area contributed by atoms with Gasteiger partial charge in [0.25, 0.3) is 0 Å². The predicted octanol–water partition coefficient (Wildman–Crippen LogP) is 3.99. The maximum Gasteiger partial charge on any atom is 0.181 e. The number of H-pyrrole nitrogens is 1. The molecule has 5 aromatic rings. The minimum Gasteiger partial charge on any atom is -0.355 e. The zero-order valence-corrected chi connectivity index (χ0v) is 12.2. The lowest BCUT2D eigenvalue weighted by Crippen LogP contribution is -1.85. The number of aromatic amines is 1. The summed E-state index contributed by atoms with van der Waals surface area (Å²) in [5, 5.41) is 2.61. The van der Waals surface area contributed by atoms with Gasteiger partial charge in [0.15, 0.2) is 5.65 Å². The average molecular weight is 301 g/mol. The highest BCUT2D eigenvalue weighted by molar-refractivity contribution is 6.06. The van der Waals surface area contributed by atoms with E-state index in [0.717, 1.165) is 5.52 Å². The summed E-state index contributed by atoms with van der Waals surface area (Å²) in [4.78, 5) is 19.0. The Hall–Kier alpha value is -3.34. The molecule has 0 saturated heterocycles. The second-order valence-electron chi connectivity index (χ2n) is 5.00. The Morgan fingerprint density at radius 2 is 1.39 bits per heavy atom. The number of rotatable bonds is 0. The third-order valence-corrected chi connectivity index (χ3v) is 3.56. The van der Waals surface area contributed by atoms with Crippen LogP contribution in [0, 0.1) is 0 Å². The van der Waals surface area contributed by atoms with Crippen molar-refractivity contribution < 1.29 is 1.43 Å². The van der Waals surface area contributed by atoms with E-state index in [1.165, 1.54) is 28.1 Å². The summed E-state index contributed by atoms with van der Waals surface area (Å²) >= 11 is 0. The van der Waals surface area contributed by atoms with Crippen molar-refractivity contribution in [3.05, 3.63) is 73.4 Å². The molecule has 0 aliphatic heterocycles. The normalized spacial score (nSPS) is 10.6. The fraction of sp³-hybridized carbons (Fsp3) is 0. The molecular formula is C18H15N5. The molecule has 5 nitrogen and oxygen atoms in total. The molecular weight excluding hydrogens is 286 g/mol. The zero-order chi connectivity index (χ0) is 15.5. The van der Waals surface area contributed by atoms with Crippen LogP contribution in [-0.4, -0.2) is 24.9 Å². The molecule has 2 aromatic carbocycles. The van der Waals surface area contributed by atoms with E-state index in [9.17, 15) is 0 Å². The average Bonchev–Trinajstić information content (AvgIpc) is 3.01. The molecule has 0 unspecified atom stereocenters. The molecule has 5 heteroatoms. The maximum atomic E-state index is 3.99. The van der Waals surface area contributed by atoms with Crippen molar-refractivity contribution in [2.75, 3.05) is 0 Å². The van der Waals surface area contributed by atoms with Crippen molar-refractivity contribution in [1.29, 1.82) is 0 Å². The quantitative estimate of drug-likeness (QED) is 0.469. The van der Waals surface area contributed by atoms with E-state index in [1.54, 1.807) is 18.6 Å². The summed E-state index contributed by atoms with van der Waals surface area (Å²) in [6.45, 7) is 0. The molecule has 0 saturated carbocycles. The van der Waals surface area contributed by atoms with Crippen LogP contribution < -0.4 is 0 Å². The zero-order valence-electron chi connectivity index (χ0n) is 12.2. The molecule has 1 N–H and O–H groups in total. The summed E-state index contributed by atoms with van der Waals surface area (Å²) in [7, 11) is 0. The largest absolute Gasteiger partial charge is 0.355 e. The van der Waals surface area contributed by atoms with Crippen LogP contribution in [0.4, 0.5) is 0 Å². The highest BCUT2D eigenvalue weighted by atomic mass is 14.9. The molecule has 5 rings (SSSR count). The summed E-state index contributed by atoms with van der Waals surface area (Å²) in [6.07, 6.45) is 6.31. The molecule has 0 radical (unpaired) electrons. The Kier molecular flexibility index (Phi) is 3.37. The van der Waals surface area contributed by atoms with Gasteiger partial charge in [0, 0.05) is 35.6 Å². The third kappa shape index (κ3) is 2.60. The first-order valence-corrected chi connectivity index (χ1v) is 7.24. The lowest BCUT2D eigenvalue weighted by molar-refractivity contribution is 1.15. The van der Waals surface area contributed by atoms with E-state index >= 15 is 0 Å². The number of fused-ring (bicyclic) bond motifs is 4. The number of benzene rings is 2. The van der Waals surface area contributed by atoms with Crippen LogP contribution >= 0.6 is 0 Å². The number of para-hydroxylation sites is 2. The van der Waals surface area contributed by atoms with E-state index in [-0.39, 0.29) is 1.43 Å². The first kappa shape index (κ1) is 13.3. The SMILES string of the molecule is [HH].c1ccc2c(c1)[nH]c1ccccc12.c1cnc2ncncc2n1. The summed E-state index contributed by atoms with van der Waals surface area (Å²) in [5.74, 6) is 0. The Morgan fingerprint density at radius 3 is 2.09 bits per heavy atom. The van der Waals surface area contributed by atoms with Crippen molar-refractivity contribution in [2.24, 2.45) is 0 Å². The summed E-state index contributed by atoms with van der Waals surface area (Å²) < 4.78 is 0. The van der Waals surface area contributed by atoms with Crippen LogP contribution in [0.1, 0.15) is 1.43 Å². The topological polar surface area (TPSA) is 67.3 Å². The maximum absolute atomic E-state index is 3.99. The van der Waals surface area contributed by atoms with Crippen LogP contribution in [0.25, 0.3) is 33.0 Å². The molecule has 0 aliphatic carbocycles. The van der Waals surface area contributed by atoms with Crippen LogP contribution in [-0.2, 0) is 0 Å². The van der Waals surface area contributed by atoms with Gasteiger partial charge in [0.1, 0.15) is 11.8 Å². The van der Waals surface area contributed by atoms with Crippen molar-refractivity contribution in [2.45, 2.75) is 0 Å². The fourth-order valence-electron chi connectivity index (χ4n) is 2.52. The second-order valence-corrected chi connectivity index (χ2v) is 5.00. The van der Waals surface area contributed by atoms with Crippen LogP contribution in [0.3, 0.4) is 0 Å². The van der Waals surface area contributed by atoms with E-state index in [4.69, 9.17) is 0 Å². The van der Waals surface area contributed by atoms with Crippen molar-refractivity contribution >= 4 is 33.0 Å². The van der Waals surface area contributed by atoms with Crippen molar-refractivity contribution in [3.8, 4) is 0 Å². The van der Waals surface area contributed by atoms with E-state index < -0.39 is 0 Å². The monoisotopic (exact) mass is 301 g/mol. The molecule has 0 spiro atoms. The van der Waals surface area contributed by atoms with Crippen molar-refractivity contribution in [3.63, 3.8) is 0 Å². The number of nitrogens with zero attached hydrogens (tertiary/aromatic N) is 4. The number of hydrogen-bond acceptors (Lipinski definition) is 4. The van der Waals surface area contributed by atoms with Crippen LogP contribution in [0.15, 0.2) is 73.4 Å². The number of hydrogen-bond donors (Lipinski definition) is 1. The second kappa shape index (κ2) is 5.81. The van der Waals surface area contributed by atoms with Gasteiger partial charge in [-0.25, -0.2) is 19.9 Å². The van der Waals surface area contributed by atoms with Gasteiger partial charge >= 0.3 is 0 Å². The van der Waals surface area contributed by atoms with Gasteiger partial charge in [0.2, 0.25) is 0 Å². The lowest BCUT2D eigenvalue weighted by atomic mass is 10.2. The number of aromatic nitrogens is 5. The smallest absolute Gasteiger partial charge is 0.181 e. The Morgan fingerprint density at radius 1 is 0.739 bits per heavy atom. The molecule has 0 fully saturated rings. The highest BCUT2D eigenvalue weighted by Gasteiger charge is 2.00. The van der Waals surface area contributed by atoms with E-state index in [0.29, 0.717) is 5.65 Å². The van der Waals surface area contributed by atoms with E-state index in [1.807, 2.05) is 0 Å². The van der Waals surface area contributed by atoms with Crippen molar-refractivity contribution in [1.82, 2.24) is 24.9 Å². The van der Waals surface area contributed by atoms with Gasteiger partial charge in [-0.3, -0.25) is 0 Å². The molecule has 3 heterocycles. The number of nitrogens with one attached hydrogen (secondary N) is 1. The molecule has 0 aliphatic rings. The minimum atomic E-state index is 0. The fourth-order valence-corrected chi connectivity index (χ4v) is 2.52. The first-order chi connectivity index (χ1) is 11.4. The predicted molar refractivity (Wildman–Crippen MR) is 93.0 cm³/mol. The molecule has 112 valence electrons. The molecule has 3 aromatic heterocycles. The van der Waals surface area contributed by atoms with Crippen LogP contribution in [0.2, 0.25) is 0 Å². The Bertz CT molecular complexity index is 974. The summed E-state index contributed by atoms with van der Waals surface area (Å²) in [5.41, 5.74) is 3.79. The Balaban J connectivity index is 0.000000140. The third-order valence-electron chi connectivity index (χ3n) is 3.56. The standard InChI is InChI=1S/C12H9N.C6H4N4.H2/c1-3-7-11-9(5-1)10-6-2-4-8-12(10)13-11;1-2-9-6-5(8-1)3-7-4-10-6;/h1-8,13H;1-4H;1H. The molecule has 0 amide bonds. The van der Waals surface area contributed by atoms with Gasteiger partial charge in [-0.05, 0) is 12.1 Å². The summed E-state index contributed by atoms with van der Waals surface area (Å²) in [6, 6.07) is 16.8. The van der Waals surface area contributed by atoms with Gasteiger partial charge in [-0.2, -0.15) is 0 Å². The first-order valence-electron chi connectivity index (χ1n) is 7.24. The molecule has 0 bridgehead atoms. The molecule has 0 atom stereocenters. The van der Waals surface area contributed by atoms with Gasteiger partial charge in [0.05, 0.1) is 6.20 Å². The van der Waals surface area contributed by atoms with E-state index in [2.05, 4.69) is 73.5 Å². The van der Waals surface area contributed by atoms with Gasteiger partial charge in [-0.15, -0.1) is 0 Å². The van der Waals surface area contributed by atoms with Gasteiger partial charge in [-0.1, -0.05) is 36.4 Å². The molecule has 23 heavy (non-hydrogen) atoms. The minimum absolute atomic E-state index is 0. The van der Waals surface area contributed by atoms with Crippen LogP contribution in [0.5, 0.6) is 0 Å². The lowest BCUT2D eigenvalue weighted by Gasteiger charge is -1.89. The Labute approximate surface area is 133 Å². The van der Waals surface area contributed by atoms with Gasteiger partial charge < -0.3 is 4.98 Å².